The molecule has 1 aromatic carbocycles. The molecule has 4 heteroatoms. The summed E-state index contributed by atoms with van der Waals surface area (Å²) in [6, 6.07) is 4.26. The second kappa shape index (κ2) is 4.69. The summed E-state index contributed by atoms with van der Waals surface area (Å²) >= 11 is 3.98. The molecule has 0 radical (unpaired) electrons. The average Bonchev–Trinajstić information content (AvgIpc) is 2.97. The molecule has 2 unspecified atom stereocenters. The quantitative estimate of drug-likeness (QED) is 0.821. The molecule has 0 saturated heterocycles. The van der Waals surface area contributed by atoms with Gasteiger partial charge in [-0.25, -0.2) is 4.39 Å². The van der Waals surface area contributed by atoms with E-state index in [1.165, 1.54) is 24.6 Å². The Hall–Kier alpha value is -1.03. The highest BCUT2D eigenvalue weighted by Gasteiger charge is 2.34. The highest BCUT2D eigenvalue weighted by atomic mass is 32.1. The molecule has 0 aromatic heterocycles. The van der Waals surface area contributed by atoms with Crippen LogP contribution in [0.3, 0.4) is 0 Å². The van der Waals surface area contributed by atoms with Crippen molar-refractivity contribution in [2.45, 2.75) is 18.2 Å². The van der Waals surface area contributed by atoms with Crippen molar-refractivity contribution < 1.29 is 9.18 Å². The second-order valence-corrected chi connectivity index (χ2v) is 5.31. The minimum absolute atomic E-state index is 0.0700. The lowest BCUT2D eigenvalue weighted by atomic mass is 10.2. The molecule has 92 valence electrons. The SMILES string of the molecule is CC1CC1CN(C)C(=O)c1ccc(F)c(S)c1. The van der Waals surface area contributed by atoms with Crippen LogP contribution in [0, 0.1) is 17.7 Å². The van der Waals surface area contributed by atoms with Crippen molar-refractivity contribution in [1.82, 2.24) is 4.90 Å². The maximum atomic E-state index is 13.0. The molecule has 0 bridgehead atoms. The topological polar surface area (TPSA) is 20.3 Å². The molecule has 0 spiro atoms. The van der Waals surface area contributed by atoms with Gasteiger partial charge in [0.2, 0.25) is 0 Å². The fourth-order valence-corrected chi connectivity index (χ4v) is 2.17. The van der Waals surface area contributed by atoms with Gasteiger partial charge in [-0.15, -0.1) is 12.6 Å². The molecule has 2 atom stereocenters. The van der Waals surface area contributed by atoms with Crippen molar-refractivity contribution in [3.8, 4) is 0 Å². The van der Waals surface area contributed by atoms with Crippen molar-refractivity contribution in [2.75, 3.05) is 13.6 Å². The summed E-state index contributed by atoms with van der Waals surface area (Å²) in [7, 11) is 1.79. The summed E-state index contributed by atoms with van der Waals surface area (Å²) in [5, 5.41) is 0. The molecule has 1 aliphatic carbocycles. The zero-order valence-electron chi connectivity index (χ0n) is 9.98. The van der Waals surface area contributed by atoms with Gasteiger partial charge in [0.15, 0.2) is 0 Å². The second-order valence-electron chi connectivity index (χ2n) is 4.82. The zero-order chi connectivity index (χ0) is 12.6. The van der Waals surface area contributed by atoms with Gasteiger partial charge in [-0.2, -0.15) is 0 Å². The monoisotopic (exact) mass is 253 g/mol. The Morgan fingerprint density at radius 2 is 2.24 bits per heavy atom. The number of thiol groups is 1. The number of rotatable bonds is 3. The van der Waals surface area contributed by atoms with Crippen molar-refractivity contribution in [1.29, 1.82) is 0 Å². The molecule has 1 aliphatic rings. The first-order valence-corrected chi connectivity index (χ1v) is 6.17. The minimum atomic E-state index is -0.400. The highest BCUT2D eigenvalue weighted by molar-refractivity contribution is 7.80. The molecule has 2 rings (SSSR count). The smallest absolute Gasteiger partial charge is 0.253 e. The van der Waals surface area contributed by atoms with Crippen molar-refractivity contribution in [3.63, 3.8) is 0 Å². The van der Waals surface area contributed by atoms with Crippen LogP contribution >= 0.6 is 12.6 Å². The van der Waals surface area contributed by atoms with Crippen LogP contribution in [0.4, 0.5) is 4.39 Å². The first-order valence-electron chi connectivity index (χ1n) is 5.73. The van der Waals surface area contributed by atoms with Gasteiger partial charge in [0, 0.05) is 24.1 Å². The summed E-state index contributed by atoms with van der Waals surface area (Å²) in [5.41, 5.74) is 0.493. The molecular formula is C13H16FNOS. The van der Waals surface area contributed by atoms with Gasteiger partial charge >= 0.3 is 0 Å². The van der Waals surface area contributed by atoms with E-state index in [2.05, 4.69) is 19.6 Å². The number of carbonyl (C=O) groups is 1. The standard InChI is InChI=1S/C13H16FNOS/c1-8-5-10(8)7-15(2)13(16)9-3-4-11(14)12(17)6-9/h3-4,6,8,10,17H,5,7H2,1-2H3. The van der Waals surface area contributed by atoms with Gasteiger partial charge in [-0.3, -0.25) is 4.79 Å². The van der Waals surface area contributed by atoms with E-state index < -0.39 is 5.82 Å². The van der Waals surface area contributed by atoms with Crippen LogP contribution in [0.2, 0.25) is 0 Å². The number of amides is 1. The summed E-state index contributed by atoms with van der Waals surface area (Å²) in [5.74, 6) is 0.876. The summed E-state index contributed by atoms with van der Waals surface area (Å²) in [6.07, 6.45) is 1.19. The normalized spacial score (nSPS) is 22.4. The third-order valence-electron chi connectivity index (χ3n) is 3.32. The number of halogens is 1. The molecule has 1 fully saturated rings. The van der Waals surface area contributed by atoms with Crippen LogP contribution < -0.4 is 0 Å². The van der Waals surface area contributed by atoms with Crippen LogP contribution in [-0.4, -0.2) is 24.4 Å². The molecular weight excluding hydrogens is 237 g/mol. The third-order valence-corrected chi connectivity index (χ3v) is 3.67. The van der Waals surface area contributed by atoms with E-state index in [0.29, 0.717) is 11.5 Å². The lowest BCUT2D eigenvalue weighted by molar-refractivity contribution is 0.0786. The van der Waals surface area contributed by atoms with E-state index in [-0.39, 0.29) is 10.8 Å². The highest BCUT2D eigenvalue weighted by Crippen LogP contribution is 2.38. The Morgan fingerprint density at radius 3 is 2.76 bits per heavy atom. The van der Waals surface area contributed by atoms with Crippen LogP contribution in [-0.2, 0) is 0 Å². The van der Waals surface area contributed by atoms with Gasteiger partial charge in [0.05, 0.1) is 0 Å². The van der Waals surface area contributed by atoms with Gasteiger partial charge in [0.25, 0.3) is 5.91 Å². The van der Waals surface area contributed by atoms with Crippen LogP contribution in [0.1, 0.15) is 23.7 Å². The van der Waals surface area contributed by atoms with E-state index in [1.54, 1.807) is 11.9 Å². The maximum Gasteiger partial charge on any atom is 0.253 e. The van der Waals surface area contributed by atoms with Crippen LogP contribution in [0.15, 0.2) is 23.1 Å². The van der Waals surface area contributed by atoms with Gasteiger partial charge in [-0.05, 0) is 36.5 Å². The Labute approximate surface area is 106 Å². The van der Waals surface area contributed by atoms with E-state index in [9.17, 15) is 9.18 Å². The summed E-state index contributed by atoms with van der Waals surface area (Å²) < 4.78 is 13.0. The van der Waals surface area contributed by atoms with E-state index in [0.717, 1.165) is 12.5 Å². The predicted octanol–water partition coefficient (Wildman–Crippen LogP) is 2.84. The van der Waals surface area contributed by atoms with E-state index in [4.69, 9.17) is 0 Å². The van der Waals surface area contributed by atoms with Crippen LogP contribution in [0.5, 0.6) is 0 Å². The van der Waals surface area contributed by atoms with Gasteiger partial charge in [-0.1, -0.05) is 6.92 Å². The fraction of sp³-hybridized carbons (Fsp3) is 0.462. The molecule has 1 saturated carbocycles. The molecule has 2 nitrogen and oxygen atoms in total. The minimum Gasteiger partial charge on any atom is -0.341 e. The number of benzene rings is 1. The Bertz CT molecular complexity index is 449. The Kier molecular flexibility index (Phi) is 3.43. The predicted molar refractivity (Wildman–Crippen MR) is 67.9 cm³/mol. The van der Waals surface area contributed by atoms with Crippen molar-refractivity contribution >= 4 is 18.5 Å². The molecule has 0 N–H and O–H groups in total. The fourth-order valence-electron chi connectivity index (χ4n) is 1.95. The Morgan fingerprint density at radius 1 is 1.59 bits per heavy atom. The number of carbonyl (C=O) groups excluding carboxylic acids is 1. The lowest BCUT2D eigenvalue weighted by Gasteiger charge is -2.17. The van der Waals surface area contributed by atoms with Crippen LogP contribution in [0.25, 0.3) is 0 Å². The number of hydrogen-bond acceptors (Lipinski definition) is 2. The van der Waals surface area contributed by atoms with Crippen molar-refractivity contribution in [2.24, 2.45) is 11.8 Å². The molecule has 17 heavy (non-hydrogen) atoms. The van der Waals surface area contributed by atoms with Crippen molar-refractivity contribution in [3.05, 3.63) is 29.6 Å². The van der Waals surface area contributed by atoms with E-state index >= 15 is 0 Å². The zero-order valence-corrected chi connectivity index (χ0v) is 10.9. The first kappa shape index (κ1) is 12.4. The van der Waals surface area contributed by atoms with E-state index in [1.807, 2.05) is 0 Å². The molecule has 1 amide bonds. The first-order chi connectivity index (χ1) is 7.99. The Balaban J connectivity index is 2.05. The van der Waals surface area contributed by atoms with Gasteiger partial charge in [0.1, 0.15) is 5.82 Å². The molecule has 0 heterocycles. The summed E-state index contributed by atoms with van der Waals surface area (Å²) in [4.78, 5) is 14.0. The lowest BCUT2D eigenvalue weighted by Crippen LogP contribution is -2.29. The average molecular weight is 253 g/mol. The van der Waals surface area contributed by atoms with Gasteiger partial charge < -0.3 is 4.90 Å². The third kappa shape index (κ3) is 2.80. The number of nitrogens with zero attached hydrogens (tertiary/aromatic N) is 1. The molecule has 0 aliphatic heterocycles. The number of hydrogen-bond donors (Lipinski definition) is 1. The largest absolute Gasteiger partial charge is 0.341 e. The maximum absolute atomic E-state index is 13.0. The summed E-state index contributed by atoms with van der Waals surface area (Å²) in [6.45, 7) is 2.96. The molecule has 1 aromatic rings.